The maximum atomic E-state index is 5.43. The van der Waals surface area contributed by atoms with Gasteiger partial charge in [0.1, 0.15) is 11.5 Å². The van der Waals surface area contributed by atoms with E-state index >= 15 is 0 Å². The third-order valence-corrected chi connectivity index (χ3v) is 2.66. The molecule has 0 unspecified atom stereocenters. The van der Waals surface area contributed by atoms with Crippen molar-refractivity contribution >= 4 is 0 Å². The fourth-order valence-corrected chi connectivity index (χ4v) is 1.82. The predicted octanol–water partition coefficient (Wildman–Crippen LogP) is 0.565. The molecule has 17 heavy (non-hydrogen) atoms. The second-order valence-corrected chi connectivity index (χ2v) is 3.72. The Labute approximate surface area is 102 Å². The Morgan fingerprint density at radius 1 is 1.24 bits per heavy atom. The van der Waals surface area contributed by atoms with E-state index in [-0.39, 0.29) is 0 Å². The summed E-state index contributed by atoms with van der Waals surface area (Å²) in [5.74, 6) is 6.92. The minimum Gasteiger partial charge on any atom is -0.496 e. The minimum atomic E-state index is 0.595. The quantitative estimate of drug-likeness (QED) is 0.281. The summed E-state index contributed by atoms with van der Waals surface area (Å²) in [4.78, 5) is 0. The Bertz CT molecular complexity index is 356. The first kappa shape index (κ1) is 13.8. The second-order valence-electron chi connectivity index (χ2n) is 3.72. The SMILES string of the molecule is COc1ccc(CCNCNN)c(OC)c1C. The third kappa shape index (κ3) is 3.59. The molecular formula is C12H21N3O2. The smallest absolute Gasteiger partial charge is 0.128 e. The van der Waals surface area contributed by atoms with Crippen LogP contribution in [0.1, 0.15) is 11.1 Å². The number of nitrogens with two attached hydrogens (primary N) is 1. The highest BCUT2D eigenvalue weighted by atomic mass is 16.5. The van der Waals surface area contributed by atoms with Gasteiger partial charge in [-0.2, -0.15) is 0 Å². The van der Waals surface area contributed by atoms with E-state index in [0.717, 1.165) is 35.6 Å². The van der Waals surface area contributed by atoms with Gasteiger partial charge in [-0.3, -0.25) is 5.84 Å². The van der Waals surface area contributed by atoms with E-state index in [4.69, 9.17) is 15.3 Å². The molecular weight excluding hydrogens is 218 g/mol. The molecule has 0 saturated heterocycles. The highest BCUT2D eigenvalue weighted by Crippen LogP contribution is 2.31. The molecule has 0 spiro atoms. The van der Waals surface area contributed by atoms with Crippen molar-refractivity contribution in [2.45, 2.75) is 13.3 Å². The van der Waals surface area contributed by atoms with Crippen LogP contribution in [-0.4, -0.2) is 27.4 Å². The van der Waals surface area contributed by atoms with E-state index < -0.39 is 0 Å². The number of hydrogen-bond donors (Lipinski definition) is 3. The van der Waals surface area contributed by atoms with Crippen molar-refractivity contribution in [2.75, 3.05) is 27.4 Å². The average Bonchev–Trinajstić information content (AvgIpc) is 2.35. The molecule has 0 aromatic heterocycles. The molecule has 0 aliphatic rings. The lowest BCUT2D eigenvalue weighted by Crippen LogP contribution is -2.34. The summed E-state index contributed by atoms with van der Waals surface area (Å²) >= 11 is 0. The topological polar surface area (TPSA) is 68.5 Å². The largest absolute Gasteiger partial charge is 0.496 e. The Morgan fingerprint density at radius 2 is 2.00 bits per heavy atom. The highest BCUT2D eigenvalue weighted by molar-refractivity contribution is 5.49. The van der Waals surface area contributed by atoms with Gasteiger partial charge in [-0.1, -0.05) is 6.07 Å². The van der Waals surface area contributed by atoms with Gasteiger partial charge in [0.2, 0.25) is 0 Å². The fourth-order valence-electron chi connectivity index (χ4n) is 1.82. The number of hydrogen-bond acceptors (Lipinski definition) is 5. The van der Waals surface area contributed by atoms with Gasteiger partial charge in [-0.25, -0.2) is 5.43 Å². The zero-order chi connectivity index (χ0) is 12.7. The normalized spacial score (nSPS) is 10.4. The van der Waals surface area contributed by atoms with Crippen LogP contribution in [0.25, 0.3) is 0 Å². The van der Waals surface area contributed by atoms with Crippen molar-refractivity contribution in [3.63, 3.8) is 0 Å². The van der Waals surface area contributed by atoms with Crippen molar-refractivity contribution in [2.24, 2.45) is 5.84 Å². The maximum Gasteiger partial charge on any atom is 0.128 e. The third-order valence-electron chi connectivity index (χ3n) is 2.66. The van der Waals surface area contributed by atoms with Gasteiger partial charge in [0.25, 0.3) is 0 Å². The number of rotatable bonds is 7. The van der Waals surface area contributed by atoms with Crippen LogP contribution in [-0.2, 0) is 6.42 Å². The summed E-state index contributed by atoms with van der Waals surface area (Å²) in [6, 6.07) is 4.00. The van der Waals surface area contributed by atoms with E-state index in [1.54, 1.807) is 14.2 Å². The molecule has 96 valence electrons. The highest BCUT2D eigenvalue weighted by Gasteiger charge is 2.10. The number of methoxy groups -OCH3 is 2. The van der Waals surface area contributed by atoms with Gasteiger partial charge < -0.3 is 14.8 Å². The lowest BCUT2D eigenvalue weighted by molar-refractivity contribution is 0.385. The molecule has 5 nitrogen and oxygen atoms in total. The van der Waals surface area contributed by atoms with E-state index in [0.29, 0.717) is 6.67 Å². The van der Waals surface area contributed by atoms with Crippen molar-refractivity contribution in [3.8, 4) is 11.5 Å². The van der Waals surface area contributed by atoms with Gasteiger partial charge in [0.15, 0.2) is 0 Å². The van der Waals surface area contributed by atoms with Crippen LogP contribution in [0.15, 0.2) is 12.1 Å². The first-order valence-electron chi connectivity index (χ1n) is 5.59. The summed E-state index contributed by atoms with van der Waals surface area (Å²) in [5, 5.41) is 3.16. The molecule has 0 saturated carbocycles. The van der Waals surface area contributed by atoms with Gasteiger partial charge in [-0.15, -0.1) is 0 Å². The van der Waals surface area contributed by atoms with Crippen LogP contribution >= 0.6 is 0 Å². The number of benzene rings is 1. The van der Waals surface area contributed by atoms with Crippen molar-refractivity contribution in [1.29, 1.82) is 0 Å². The molecule has 5 heteroatoms. The first-order chi connectivity index (χ1) is 8.24. The molecule has 4 N–H and O–H groups in total. The molecule has 0 amide bonds. The van der Waals surface area contributed by atoms with Crippen molar-refractivity contribution in [1.82, 2.24) is 10.7 Å². The van der Waals surface area contributed by atoms with Crippen LogP contribution in [0.5, 0.6) is 11.5 Å². The first-order valence-corrected chi connectivity index (χ1v) is 5.59. The number of ether oxygens (including phenoxy) is 2. The van der Waals surface area contributed by atoms with E-state index in [2.05, 4.69) is 10.7 Å². The summed E-state index contributed by atoms with van der Waals surface area (Å²) < 4.78 is 10.7. The molecule has 0 radical (unpaired) electrons. The monoisotopic (exact) mass is 239 g/mol. The number of hydrazine groups is 1. The molecule has 0 atom stereocenters. The van der Waals surface area contributed by atoms with Crippen LogP contribution in [0.4, 0.5) is 0 Å². The van der Waals surface area contributed by atoms with Gasteiger partial charge in [-0.05, 0) is 25.0 Å². The molecule has 1 aromatic rings. The molecule has 0 aliphatic carbocycles. The molecule has 0 aliphatic heterocycles. The van der Waals surface area contributed by atoms with Crippen molar-refractivity contribution < 1.29 is 9.47 Å². The van der Waals surface area contributed by atoms with Crippen LogP contribution < -0.4 is 26.1 Å². The minimum absolute atomic E-state index is 0.595. The van der Waals surface area contributed by atoms with Crippen LogP contribution in [0.3, 0.4) is 0 Å². The zero-order valence-corrected chi connectivity index (χ0v) is 10.7. The average molecular weight is 239 g/mol. The molecule has 1 aromatic carbocycles. The number of nitrogens with one attached hydrogen (secondary N) is 2. The van der Waals surface area contributed by atoms with E-state index in [1.807, 2.05) is 19.1 Å². The summed E-state index contributed by atoms with van der Waals surface area (Å²) in [5.41, 5.74) is 4.74. The van der Waals surface area contributed by atoms with E-state index in [9.17, 15) is 0 Å². The maximum absolute atomic E-state index is 5.43. The van der Waals surface area contributed by atoms with Gasteiger partial charge >= 0.3 is 0 Å². The standard InChI is InChI=1S/C12H21N3O2/c1-9-11(16-2)5-4-10(12(9)17-3)6-7-14-8-15-13/h4-5,14-15H,6-8,13H2,1-3H3. The van der Waals surface area contributed by atoms with E-state index in [1.165, 1.54) is 0 Å². The zero-order valence-electron chi connectivity index (χ0n) is 10.7. The van der Waals surface area contributed by atoms with Crippen LogP contribution in [0.2, 0.25) is 0 Å². The Hall–Kier alpha value is -1.30. The molecule has 0 heterocycles. The summed E-state index contributed by atoms with van der Waals surface area (Å²) in [7, 11) is 3.34. The van der Waals surface area contributed by atoms with Crippen molar-refractivity contribution in [3.05, 3.63) is 23.3 Å². The Balaban J connectivity index is 2.74. The second kappa shape index (κ2) is 7.11. The van der Waals surface area contributed by atoms with Crippen LogP contribution in [0, 0.1) is 6.92 Å². The molecule has 0 fully saturated rings. The predicted molar refractivity (Wildman–Crippen MR) is 68.2 cm³/mol. The lowest BCUT2D eigenvalue weighted by Gasteiger charge is -2.14. The lowest BCUT2D eigenvalue weighted by atomic mass is 10.1. The van der Waals surface area contributed by atoms with Gasteiger partial charge in [0, 0.05) is 12.1 Å². The Kier molecular flexibility index (Phi) is 5.76. The van der Waals surface area contributed by atoms with Gasteiger partial charge in [0.05, 0.1) is 20.9 Å². The molecule has 1 rings (SSSR count). The fraction of sp³-hybridized carbons (Fsp3) is 0.500. The molecule has 0 bridgehead atoms. The summed E-state index contributed by atoms with van der Waals surface area (Å²) in [6.07, 6.45) is 0.885. The Morgan fingerprint density at radius 3 is 2.59 bits per heavy atom. The summed E-state index contributed by atoms with van der Waals surface area (Å²) in [6.45, 7) is 3.43.